The molecule has 0 spiro atoms. The molecule has 25 heavy (non-hydrogen) atoms. The molecule has 1 saturated heterocycles. The number of ether oxygens (including phenoxy) is 2. The van der Waals surface area contributed by atoms with Crippen LogP contribution in [0.1, 0.15) is 24.0 Å². The van der Waals surface area contributed by atoms with Crippen molar-refractivity contribution in [1.82, 2.24) is 5.32 Å². The zero-order chi connectivity index (χ0) is 17.6. The average Bonchev–Trinajstić information content (AvgIpc) is 3.13. The minimum Gasteiger partial charge on any atom is -0.489 e. The lowest BCUT2D eigenvalue weighted by Crippen LogP contribution is -2.31. The van der Waals surface area contributed by atoms with Crippen molar-refractivity contribution >= 4 is 40.4 Å². The van der Waals surface area contributed by atoms with Crippen molar-refractivity contribution < 1.29 is 9.47 Å². The Morgan fingerprint density at radius 2 is 1.96 bits per heavy atom. The van der Waals surface area contributed by atoms with Gasteiger partial charge in [0, 0.05) is 34.3 Å². The predicted molar refractivity (Wildman–Crippen MR) is 106 cm³/mol. The van der Waals surface area contributed by atoms with E-state index in [1.165, 1.54) is 0 Å². The lowest BCUT2D eigenvalue weighted by Gasteiger charge is -2.14. The van der Waals surface area contributed by atoms with Gasteiger partial charge in [-0.25, -0.2) is 0 Å². The molecule has 132 valence electrons. The Labute approximate surface area is 163 Å². The normalized spacial score (nSPS) is 16.6. The van der Waals surface area contributed by atoms with Gasteiger partial charge in [-0.15, -0.1) is 0 Å². The number of rotatable bonds is 6. The van der Waals surface area contributed by atoms with E-state index in [4.69, 9.17) is 44.9 Å². The molecule has 1 aliphatic heterocycles. The van der Waals surface area contributed by atoms with E-state index in [0.717, 1.165) is 42.9 Å². The van der Waals surface area contributed by atoms with Crippen LogP contribution in [-0.2, 0) is 11.3 Å². The maximum atomic E-state index is 6.17. The summed E-state index contributed by atoms with van der Waals surface area (Å²) in [5.74, 6) is 0.717. The van der Waals surface area contributed by atoms with Crippen LogP contribution in [0.25, 0.3) is 0 Å². The third-order valence-electron chi connectivity index (χ3n) is 4.06. The van der Waals surface area contributed by atoms with Gasteiger partial charge in [0.1, 0.15) is 17.3 Å². The molecule has 3 nitrogen and oxygen atoms in total. The van der Waals surface area contributed by atoms with Crippen LogP contribution < -0.4 is 10.1 Å². The molecule has 0 aromatic heterocycles. The number of hydrogen-bond donors (Lipinski definition) is 1. The van der Waals surface area contributed by atoms with E-state index in [0.29, 0.717) is 21.6 Å². The zero-order valence-electron chi connectivity index (χ0n) is 13.6. The maximum Gasteiger partial charge on any atom is 0.120 e. The zero-order valence-corrected chi connectivity index (χ0v) is 16.0. The van der Waals surface area contributed by atoms with Crippen molar-refractivity contribution in [3.05, 3.63) is 63.6 Å². The molecule has 1 N–H and O–H groups in total. The Bertz CT molecular complexity index is 728. The van der Waals surface area contributed by atoms with E-state index < -0.39 is 0 Å². The standard InChI is InChI=1S/C19H19Cl2NO2S/c20-17-7-2-8-18(21)16(17)12-24-14-5-1-4-13(10-14)19(25)22-11-15-6-3-9-23-15/h1-2,4-5,7-8,10,15H,3,6,9,11-12H2,(H,22,25)/t15-/m1/s1. The van der Waals surface area contributed by atoms with Gasteiger partial charge in [-0.1, -0.05) is 53.6 Å². The van der Waals surface area contributed by atoms with Crippen molar-refractivity contribution in [2.45, 2.75) is 25.6 Å². The maximum absolute atomic E-state index is 6.17. The highest BCUT2D eigenvalue weighted by Crippen LogP contribution is 2.26. The summed E-state index contributed by atoms with van der Waals surface area (Å²) in [6.07, 6.45) is 2.45. The fourth-order valence-electron chi connectivity index (χ4n) is 2.67. The molecule has 3 rings (SSSR count). The third-order valence-corrected chi connectivity index (χ3v) is 5.14. The van der Waals surface area contributed by atoms with Gasteiger partial charge in [-0.2, -0.15) is 0 Å². The Balaban J connectivity index is 1.60. The number of thiocarbonyl (C=S) groups is 1. The third kappa shape index (κ3) is 5.08. The first-order valence-corrected chi connectivity index (χ1v) is 9.35. The van der Waals surface area contributed by atoms with Crippen LogP contribution in [-0.4, -0.2) is 24.2 Å². The second-order valence-electron chi connectivity index (χ2n) is 5.86. The molecule has 1 heterocycles. The summed E-state index contributed by atoms with van der Waals surface area (Å²) in [5, 5.41) is 4.46. The van der Waals surface area contributed by atoms with Crippen molar-refractivity contribution in [3.63, 3.8) is 0 Å². The molecule has 2 aromatic rings. The van der Waals surface area contributed by atoms with Crippen molar-refractivity contribution in [1.29, 1.82) is 0 Å². The number of nitrogens with one attached hydrogen (secondary N) is 1. The van der Waals surface area contributed by atoms with Crippen LogP contribution in [0.2, 0.25) is 10.0 Å². The second kappa shape index (κ2) is 8.86. The van der Waals surface area contributed by atoms with Crippen molar-refractivity contribution in [2.24, 2.45) is 0 Å². The van der Waals surface area contributed by atoms with Gasteiger partial charge in [-0.05, 0) is 37.1 Å². The Kier molecular flexibility index (Phi) is 6.54. The number of halogens is 2. The molecule has 2 aromatic carbocycles. The summed E-state index contributed by atoms with van der Waals surface area (Å²) in [6.45, 7) is 1.88. The average molecular weight is 396 g/mol. The monoisotopic (exact) mass is 395 g/mol. The van der Waals surface area contributed by atoms with Gasteiger partial charge in [0.15, 0.2) is 0 Å². The largest absolute Gasteiger partial charge is 0.489 e. The second-order valence-corrected chi connectivity index (χ2v) is 7.08. The van der Waals surface area contributed by atoms with E-state index in [-0.39, 0.29) is 6.10 Å². The van der Waals surface area contributed by atoms with Crippen molar-refractivity contribution in [2.75, 3.05) is 13.2 Å². The first-order chi connectivity index (χ1) is 12.1. The molecular formula is C19H19Cl2NO2S. The van der Waals surface area contributed by atoms with Gasteiger partial charge in [0.05, 0.1) is 6.10 Å². The first-order valence-electron chi connectivity index (χ1n) is 8.19. The summed E-state index contributed by atoms with van der Waals surface area (Å²) >= 11 is 17.8. The molecule has 0 amide bonds. The smallest absolute Gasteiger partial charge is 0.120 e. The molecule has 0 radical (unpaired) electrons. The van der Waals surface area contributed by atoms with Gasteiger partial charge in [-0.3, -0.25) is 0 Å². The van der Waals surface area contributed by atoms with E-state index in [1.54, 1.807) is 12.1 Å². The Hall–Kier alpha value is -1.33. The highest BCUT2D eigenvalue weighted by Gasteiger charge is 2.15. The quantitative estimate of drug-likeness (QED) is 0.695. The summed E-state index contributed by atoms with van der Waals surface area (Å²) in [5.41, 5.74) is 1.69. The first kappa shape index (κ1) is 18.5. The predicted octanol–water partition coefficient (Wildman–Crippen LogP) is 5.02. The van der Waals surface area contributed by atoms with E-state index in [9.17, 15) is 0 Å². The fourth-order valence-corrected chi connectivity index (χ4v) is 3.38. The van der Waals surface area contributed by atoms with E-state index in [2.05, 4.69) is 5.32 Å². The molecule has 0 unspecified atom stereocenters. The summed E-state index contributed by atoms with van der Waals surface area (Å²) in [6, 6.07) is 13.1. The van der Waals surface area contributed by atoms with Gasteiger partial charge in [0.25, 0.3) is 0 Å². The van der Waals surface area contributed by atoms with Crippen LogP contribution in [0.5, 0.6) is 5.75 Å². The van der Waals surface area contributed by atoms with E-state index in [1.807, 2.05) is 30.3 Å². The Morgan fingerprint density at radius 1 is 1.20 bits per heavy atom. The molecule has 0 aliphatic carbocycles. The van der Waals surface area contributed by atoms with Crippen LogP contribution in [0.15, 0.2) is 42.5 Å². The summed E-state index contributed by atoms with van der Waals surface area (Å²) in [7, 11) is 0. The molecule has 1 atom stereocenters. The minimum absolute atomic E-state index is 0.250. The fraction of sp³-hybridized carbons (Fsp3) is 0.316. The molecule has 6 heteroatoms. The molecule has 0 saturated carbocycles. The highest BCUT2D eigenvalue weighted by atomic mass is 35.5. The van der Waals surface area contributed by atoms with Gasteiger partial charge in [0.2, 0.25) is 0 Å². The van der Waals surface area contributed by atoms with Gasteiger partial charge >= 0.3 is 0 Å². The van der Waals surface area contributed by atoms with Crippen LogP contribution in [0, 0.1) is 0 Å². The lowest BCUT2D eigenvalue weighted by molar-refractivity contribution is 0.114. The summed E-state index contributed by atoms with van der Waals surface area (Å²) < 4.78 is 11.4. The minimum atomic E-state index is 0.250. The SMILES string of the molecule is S=C(NC[C@H]1CCCO1)c1cccc(OCc2c(Cl)cccc2Cl)c1. The van der Waals surface area contributed by atoms with Crippen LogP contribution in [0.3, 0.4) is 0 Å². The Morgan fingerprint density at radius 3 is 2.68 bits per heavy atom. The lowest BCUT2D eigenvalue weighted by atomic mass is 10.2. The molecule has 1 fully saturated rings. The number of hydrogen-bond acceptors (Lipinski definition) is 3. The van der Waals surface area contributed by atoms with E-state index >= 15 is 0 Å². The van der Waals surface area contributed by atoms with Crippen LogP contribution >= 0.6 is 35.4 Å². The van der Waals surface area contributed by atoms with Gasteiger partial charge < -0.3 is 14.8 Å². The molecule has 0 bridgehead atoms. The topological polar surface area (TPSA) is 30.5 Å². The summed E-state index contributed by atoms with van der Waals surface area (Å²) in [4.78, 5) is 0.691. The number of benzene rings is 2. The molecular weight excluding hydrogens is 377 g/mol. The highest BCUT2D eigenvalue weighted by molar-refractivity contribution is 7.80. The molecule has 1 aliphatic rings. The van der Waals surface area contributed by atoms with Crippen molar-refractivity contribution in [3.8, 4) is 5.75 Å². The van der Waals surface area contributed by atoms with Crippen LogP contribution in [0.4, 0.5) is 0 Å².